The van der Waals surface area contributed by atoms with Gasteiger partial charge in [0.2, 0.25) is 0 Å². The zero-order valence-electron chi connectivity index (χ0n) is 14.7. The van der Waals surface area contributed by atoms with Crippen molar-refractivity contribution in [1.82, 2.24) is 0 Å². The van der Waals surface area contributed by atoms with Crippen molar-refractivity contribution in [2.45, 2.75) is 12.7 Å². The Morgan fingerprint density at radius 2 is 1.04 bits per heavy atom. The van der Waals surface area contributed by atoms with Gasteiger partial charge in [-0.2, -0.15) is 0 Å². The first-order valence-electron chi connectivity index (χ1n) is 9.03. The highest BCUT2D eigenvalue weighted by atomic mass is 31.2. The molecule has 132 valence electrons. The molecule has 4 rings (SSSR count). The van der Waals surface area contributed by atoms with Gasteiger partial charge in [-0.1, -0.05) is 96.8 Å². The summed E-state index contributed by atoms with van der Waals surface area (Å²) in [6.45, 7) is -0.518. The van der Waals surface area contributed by atoms with Gasteiger partial charge < -0.3 is 9.47 Å². The van der Waals surface area contributed by atoms with Gasteiger partial charge in [0.1, 0.15) is 0 Å². The zero-order chi connectivity index (χ0) is 17.7. The Balaban J connectivity index is 1.95. The highest BCUT2D eigenvalue weighted by Crippen LogP contribution is 2.44. The van der Waals surface area contributed by atoms with E-state index in [0.29, 0.717) is 13.2 Å². The van der Waals surface area contributed by atoms with Gasteiger partial charge in [-0.05, 0) is 22.8 Å². The third-order valence-electron chi connectivity index (χ3n) is 4.75. The summed E-state index contributed by atoms with van der Waals surface area (Å²) in [6.07, 6.45) is 0.650. The highest BCUT2D eigenvalue weighted by molar-refractivity contribution is 7.94. The Kier molecular flexibility index (Phi) is 5.36. The third-order valence-corrected chi connectivity index (χ3v) is 8.85. The van der Waals surface area contributed by atoms with Crippen LogP contribution in [0.3, 0.4) is 0 Å². The van der Waals surface area contributed by atoms with E-state index in [9.17, 15) is 0 Å². The fraction of sp³-hybridized carbons (Fsp3) is 0.174. The maximum Gasteiger partial charge on any atom is 0.161 e. The highest BCUT2D eigenvalue weighted by Gasteiger charge is 2.26. The molecule has 26 heavy (non-hydrogen) atoms. The monoisotopic (exact) mass is 362 g/mol. The van der Waals surface area contributed by atoms with E-state index in [0.717, 1.165) is 6.42 Å². The molecule has 0 amide bonds. The van der Waals surface area contributed by atoms with Gasteiger partial charge in [-0.15, -0.1) is 0 Å². The Labute approximate surface area is 155 Å². The van der Waals surface area contributed by atoms with Gasteiger partial charge in [0.25, 0.3) is 0 Å². The van der Waals surface area contributed by atoms with Crippen LogP contribution in [0.25, 0.3) is 0 Å². The summed E-state index contributed by atoms with van der Waals surface area (Å²) in [7, 11) is 0. The second-order valence-electron chi connectivity index (χ2n) is 6.32. The second kappa shape index (κ2) is 8.05. The molecule has 0 unspecified atom stereocenters. The Morgan fingerprint density at radius 3 is 1.42 bits per heavy atom. The summed E-state index contributed by atoms with van der Waals surface area (Å²) in [5.41, 5.74) is 0. The molecule has 0 saturated carbocycles. The Morgan fingerprint density at radius 1 is 0.654 bits per heavy atom. The van der Waals surface area contributed by atoms with Gasteiger partial charge in [0.15, 0.2) is 6.29 Å². The zero-order valence-corrected chi connectivity index (χ0v) is 15.6. The number of hydrogen-bond donors (Lipinski definition) is 0. The lowest BCUT2D eigenvalue weighted by atomic mass is 10.4. The molecule has 0 aromatic heterocycles. The third kappa shape index (κ3) is 3.41. The molecule has 0 atom stereocenters. The van der Waals surface area contributed by atoms with Gasteiger partial charge >= 0.3 is 0 Å². The van der Waals surface area contributed by atoms with Crippen molar-refractivity contribution in [2.24, 2.45) is 0 Å². The van der Waals surface area contributed by atoms with Crippen LogP contribution in [0.5, 0.6) is 0 Å². The maximum atomic E-state index is 5.72. The van der Waals surface area contributed by atoms with Gasteiger partial charge in [0, 0.05) is 6.42 Å². The summed E-state index contributed by atoms with van der Waals surface area (Å²) in [4.78, 5) is 0. The number of hydrogen-bond acceptors (Lipinski definition) is 2. The van der Waals surface area contributed by atoms with E-state index >= 15 is 0 Å². The normalized spacial score (nSPS) is 15.1. The summed E-state index contributed by atoms with van der Waals surface area (Å²) in [5.74, 6) is 2.46. The van der Waals surface area contributed by atoms with Crippen molar-refractivity contribution in [3.8, 4) is 0 Å². The smallest absolute Gasteiger partial charge is 0.161 e. The van der Waals surface area contributed by atoms with Gasteiger partial charge in [-0.3, -0.25) is 0 Å². The molecule has 1 aliphatic heterocycles. The van der Waals surface area contributed by atoms with Gasteiger partial charge in [-0.25, -0.2) is 0 Å². The van der Waals surface area contributed by atoms with Crippen LogP contribution in [0.15, 0.2) is 91.0 Å². The van der Waals surface area contributed by atoms with Gasteiger partial charge in [0.05, 0.1) is 13.2 Å². The molecule has 1 heterocycles. The van der Waals surface area contributed by atoms with Crippen molar-refractivity contribution >= 4 is 28.6 Å². The lowest BCUT2D eigenvalue weighted by molar-refractivity contribution is -0.0337. The predicted molar refractivity (Wildman–Crippen MR) is 112 cm³/mol. The Hall–Kier alpha value is -2.12. The maximum absolute atomic E-state index is 5.72. The Bertz CT molecular complexity index is 766. The molecule has 0 aliphatic carbocycles. The predicted octanol–water partition coefficient (Wildman–Crippen LogP) is 3.55. The van der Waals surface area contributed by atoms with E-state index in [1.54, 1.807) is 0 Å². The van der Waals surface area contributed by atoms with Crippen LogP contribution in [0.4, 0.5) is 0 Å². The average Bonchev–Trinajstić information content (AvgIpc) is 3.25. The standard InChI is InChI=1S/C23H23O2P/c1-4-10-20(11-5-1)26(21-12-6-2-7-13-21,22-14-8-3-9-15-22)19-16-23-24-17-18-25-23/h1-15,19,23H,16-18H2. The molecule has 3 heteroatoms. The van der Waals surface area contributed by atoms with Crippen LogP contribution in [0.1, 0.15) is 6.42 Å². The minimum atomic E-state index is -1.89. The van der Waals surface area contributed by atoms with E-state index in [2.05, 4.69) is 96.8 Å². The van der Waals surface area contributed by atoms with E-state index in [1.807, 2.05) is 0 Å². The summed E-state index contributed by atoms with van der Waals surface area (Å²) in [6, 6.07) is 32.5. The average molecular weight is 362 g/mol. The first-order valence-corrected chi connectivity index (χ1v) is 10.9. The first kappa shape index (κ1) is 17.3. The molecule has 0 spiro atoms. The molecule has 1 aliphatic rings. The SMILES string of the molecule is C(CC1OCCO1)=P(c1ccccc1)(c1ccccc1)c1ccccc1. The van der Waals surface area contributed by atoms with Crippen molar-refractivity contribution in [1.29, 1.82) is 0 Å². The number of benzene rings is 3. The van der Waals surface area contributed by atoms with E-state index in [1.165, 1.54) is 15.9 Å². The molecule has 3 aromatic carbocycles. The molecule has 1 fully saturated rings. The number of ether oxygens (including phenoxy) is 2. The van der Waals surface area contributed by atoms with Crippen LogP contribution in [-0.4, -0.2) is 25.3 Å². The summed E-state index contributed by atoms with van der Waals surface area (Å²) >= 11 is 0. The molecule has 0 N–H and O–H groups in total. The topological polar surface area (TPSA) is 18.5 Å². The van der Waals surface area contributed by atoms with Crippen molar-refractivity contribution in [2.75, 3.05) is 13.2 Å². The first-order chi connectivity index (χ1) is 12.9. The fourth-order valence-corrected chi connectivity index (χ4v) is 7.48. The molecule has 3 aromatic rings. The van der Waals surface area contributed by atoms with Crippen LogP contribution in [0.2, 0.25) is 0 Å². The van der Waals surface area contributed by atoms with Crippen molar-refractivity contribution in [3.05, 3.63) is 91.0 Å². The van der Waals surface area contributed by atoms with Crippen LogP contribution in [-0.2, 0) is 9.47 Å². The molecular formula is C23H23O2P. The lowest BCUT2D eigenvalue weighted by Crippen LogP contribution is -2.27. The lowest BCUT2D eigenvalue weighted by Gasteiger charge is -2.29. The molecule has 0 bridgehead atoms. The molecular weight excluding hydrogens is 339 g/mol. The molecule has 0 radical (unpaired) electrons. The quantitative estimate of drug-likeness (QED) is 0.647. The van der Waals surface area contributed by atoms with Crippen molar-refractivity contribution in [3.63, 3.8) is 0 Å². The van der Waals surface area contributed by atoms with Crippen LogP contribution in [0, 0.1) is 0 Å². The van der Waals surface area contributed by atoms with Crippen molar-refractivity contribution < 1.29 is 9.47 Å². The summed E-state index contributed by atoms with van der Waals surface area (Å²) < 4.78 is 11.4. The molecule has 2 nitrogen and oxygen atoms in total. The van der Waals surface area contributed by atoms with Crippen LogP contribution >= 0.6 is 6.89 Å². The molecule has 1 saturated heterocycles. The minimum Gasteiger partial charge on any atom is -0.350 e. The fourth-order valence-electron chi connectivity index (χ4n) is 3.54. The second-order valence-corrected chi connectivity index (χ2v) is 9.68. The largest absolute Gasteiger partial charge is 0.350 e. The van der Waals surface area contributed by atoms with Crippen LogP contribution < -0.4 is 15.9 Å². The van der Waals surface area contributed by atoms with E-state index in [4.69, 9.17) is 9.47 Å². The van der Waals surface area contributed by atoms with E-state index in [-0.39, 0.29) is 6.29 Å². The van der Waals surface area contributed by atoms with E-state index < -0.39 is 6.89 Å². The minimum absolute atomic E-state index is 0.134. The summed E-state index contributed by atoms with van der Waals surface area (Å²) in [5, 5.41) is 4.07. The number of rotatable bonds is 5.